The number of nitrogens with one attached hydrogen (secondary N) is 1. The molecular weight excluding hydrogens is 373 g/mol. The molecule has 24 heavy (non-hydrogen) atoms. The van der Waals surface area contributed by atoms with E-state index < -0.39 is 26.8 Å². The van der Waals surface area contributed by atoms with Gasteiger partial charge in [-0.05, 0) is 49.4 Å². The molecule has 0 heterocycles. The molecule has 0 radical (unpaired) electrons. The second-order valence-corrected chi connectivity index (χ2v) is 8.98. The first-order valence-electron chi connectivity index (χ1n) is 6.89. The van der Waals surface area contributed by atoms with Crippen LogP contribution >= 0.6 is 23.4 Å². The van der Waals surface area contributed by atoms with Crippen LogP contribution in [-0.4, -0.2) is 25.8 Å². The standard InChI is InChI=1S/C16H15ClFNO3S2/c1-10(23-12-5-3-11(17)4-6-12)16(20)19-15-9-13(24(2,21)22)7-8-14(15)18/h3-10H,1-2H3,(H,19,20). The van der Waals surface area contributed by atoms with Crippen molar-refractivity contribution in [2.75, 3.05) is 11.6 Å². The smallest absolute Gasteiger partial charge is 0.237 e. The Labute approximate surface area is 149 Å². The van der Waals surface area contributed by atoms with Gasteiger partial charge in [0, 0.05) is 16.2 Å². The minimum absolute atomic E-state index is 0.0581. The molecule has 0 aliphatic heterocycles. The number of halogens is 2. The lowest BCUT2D eigenvalue weighted by Gasteiger charge is -2.13. The van der Waals surface area contributed by atoms with Crippen LogP contribution in [0.25, 0.3) is 0 Å². The molecule has 2 aromatic carbocycles. The summed E-state index contributed by atoms with van der Waals surface area (Å²) in [7, 11) is -3.49. The summed E-state index contributed by atoms with van der Waals surface area (Å²) in [4.78, 5) is 13.0. The highest BCUT2D eigenvalue weighted by Crippen LogP contribution is 2.26. The van der Waals surface area contributed by atoms with Gasteiger partial charge in [-0.25, -0.2) is 12.8 Å². The van der Waals surface area contributed by atoms with Gasteiger partial charge in [0.1, 0.15) is 5.82 Å². The van der Waals surface area contributed by atoms with E-state index in [1.165, 1.54) is 11.8 Å². The predicted octanol–water partition coefficient (Wildman–Crippen LogP) is 4.00. The molecule has 2 aromatic rings. The summed E-state index contributed by atoms with van der Waals surface area (Å²) in [5.41, 5.74) is -0.161. The van der Waals surface area contributed by atoms with Gasteiger partial charge in [-0.15, -0.1) is 11.8 Å². The third kappa shape index (κ3) is 4.96. The summed E-state index contributed by atoms with van der Waals surface area (Å²) in [6.07, 6.45) is 1.02. The first-order valence-corrected chi connectivity index (χ1v) is 10.0. The molecule has 0 bridgehead atoms. The maximum absolute atomic E-state index is 13.8. The van der Waals surface area contributed by atoms with E-state index in [0.717, 1.165) is 29.4 Å². The van der Waals surface area contributed by atoms with Gasteiger partial charge in [-0.3, -0.25) is 4.79 Å². The minimum Gasteiger partial charge on any atom is -0.323 e. The number of rotatable bonds is 5. The van der Waals surface area contributed by atoms with E-state index in [2.05, 4.69) is 5.32 Å². The first kappa shape index (κ1) is 18.8. The fraction of sp³-hybridized carbons (Fsp3) is 0.188. The van der Waals surface area contributed by atoms with Gasteiger partial charge in [0.2, 0.25) is 5.91 Å². The molecule has 1 atom stereocenters. The lowest BCUT2D eigenvalue weighted by Crippen LogP contribution is -2.23. The SMILES string of the molecule is CC(Sc1ccc(Cl)cc1)C(=O)Nc1cc(S(C)(=O)=O)ccc1F. The fourth-order valence-electron chi connectivity index (χ4n) is 1.84. The number of amides is 1. The van der Waals surface area contributed by atoms with Crippen molar-refractivity contribution in [2.45, 2.75) is 22.0 Å². The van der Waals surface area contributed by atoms with Gasteiger partial charge in [-0.1, -0.05) is 11.6 Å². The summed E-state index contributed by atoms with van der Waals surface area (Å²) in [5.74, 6) is -1.13. The Morgan fingerprint density at radius 2 is 1.83 bits per heavy atom. The Morgan fingerprint density at radius 3 is 2.42 bits per heavy atom. The topological polar surface area (TPSA) is 63.2 Å². The van der Waals surface area contributed by atoms with E-state index in [9.17, 15) is 17.6 Å². The summed E-state index contributed by atoms with van der Waals surface area (Å²) >= 11 is 7.09. The van der Waals surface area contributed by atoms with Gasteiger partial charge in [0.15, 0.2) is 9.84 Å². The van der Waals surface area contributed by atoms with E-state index in [-0.39, 0.29) is 10.6 Å². The number of hydrogen-bond donors (Lipinski definition) is 1. The molecule has 128 valence electrons. The van der Waals surface area contributed by atoms with Gasteiger partial charge in [-0.2, -0.15) is 0 Å². The van der Waals surface area contributed by atoms with Gasteiger partial charge in [0.25, 0.3) is 0 Å². The molecule has 1 unspecified atom stereocenters. The molecule has 0 saturated carbocycles. The van der Waals surface area contributed by atoms with Gasteiger partial charge >= 0.3 is 0 Å². The summed E-state index contributed by atoms with van der Waals surface area (Å²) in [6.45, 7) is 1.67. The highest BCUT2D eigenvalue weighted by atomic mass is 35.5. The molecule has 2 rings (SSSR count). The van der Waals surface area contributed by atoms with Crippen LogP contribution in [0.15, 0.2) is 52.3 Å². The van der Waals surface area contributed by atoms with Crippen LogP contribution in [-0.2, 0) is 14.6 Å². The normalized spacial score (nSPS) is 12.7. The summed E-state index contributed by atoms with van der Waals surface area (Å²) in [6, 6.07) is 10.3. The van der Waals surface area contributed by atoms with Crippen molar-refractivity contribution < 1.29 is 17.6 Å². The number of carbonyl (C=O) groups is 1. The molecule has 0 aliphatic carbocycles. The van der Waals surface area contributed by atoms with Crippen molar-refractivity contribution in [3.63, 3.8) is 0 Å². The minimum atomic E-state index is -3.49. The quantitative estimate of drug-likeness (QED) is 0.622. The number of anilines is 1. The van der Waals surface area contributed by atoms with Crippen LogP contribution in [0.4, 0.5) is 10.1 Å². The predicted molar refractivity (Wildman–Crippen MR) is 94.9 cm³/mol. The number of hydrogen-bond acceptors (Lipinski definition) is 4. The Hall–Kier alpha value is -1.57. The maximum Gasteiger partial charge on any atom is 0.237 e. The van der Waals surface area contributed by atoms with Crippen molar-refractivity contribution in [3.05, 3.63) is 53.3 Å². The monoisotopic (exact) mass is 387 g/mol. The number of benzene rings is 2. The van der Waals surface area contributed by atoms with Crippen LogP contribution in [0.3, 0.4) is 0 Å². The van der Waals surface area contributed by atoms with Crippen LogP contribution < -0.4 is 5.32 Å². The molecular formula is C16H15ClFNO3S2. The molecule has 0 aliphatic rings. The Bertz CT molecular complexity index is 854. The third-order valence-electron chi connectivity index (χ3n) is 3.12. The highest BCUT2D eigenvalue weighted by molar-refractivity contribution is 8.00. The third-order valence-corrected chi connectivity index (χ3v) is 5.59. The Balaban J connectivity index is 2.12. The van der Waals surface area contributed by atoms with Crippen LogP contribution in [0, 0.1) is 5.82 Å². The summed E-state index contributed by atoms with van der Waals surface area (Å²) < 4.78 is 36.9. The van der Waals surface area contributed by atoms with Crippen molar-refractivity contribution in [1.29, 1.82) is 0 Å². The number of sulfone groups is 1. The molecule has 8 heteroatoms. The molecule has 0 fully saturated rings. The van der Waals surface area contributed by atoms with Crippen molar-refractivity contribution in [2.24, 2.45) is 0 Å². The maximum atomic E-state index is 13.8. The zero-order chi connectivity index (χ0) is 17.9. The van der Waals surface area contributed by atoms with E-state index in [1.807, 2.05) is 0 Å². The second kappa shape index (κ2) is 7.55. The Morgan fingerprint density at radius 1 is 1.21 bits per heavy atom. The van der Waals surface area contributed by atoms with Gasteiger partial charge < -0.3 is 5.32 Å². The van der Waals surface area contributed by atoms with E-state index >= 15 is 0 Å². The molecule has 1 N–H and O–H groups in total. The van der Waals surface area contributed by atoms with Crippen molar-refractivity contribution >= 4 is 44.8 Å². The second-order valence-electron chi connectivity index (χ2n) is 5.12. The molecule has 1 amide bonds. The van der Waals surface area contributed by atoms with E-state index in [0.29, 0.717) is 5.02 Å². The highest BCUT2D eigenvalue weighted by Gasteiger charge is 2.18. The average molecular weight is 388 g/mol. The van der Waals surface area contributed by atoms with Crippen LogP contribution in [0.1, 0.15) is 6.92 Å². The Kier molecular flexibility index (Phi) is 5.90. The number of carbonyl (C=O) groups excluding carboxylic acids is 1. The zero-order valence-corrected chi connectivity index (χ0v) is 15.3. The molecule has 0 aromatic heterocycles. The summed E-state index contributed by atoms with van der Waals surface area (Å²) in [5, 5.41) is 2.52. The molecule has 0 spiro atoms. The molecule has 0 saturated heterocycles. The van der Waals surface area contributed by atoms with Crippen LogP contribution in [0.2, 0.25) is 5.02 Å². The van der Waals surface area contributed by atoms with Crippen LogP contribution in [0.5, 0.6) is 0 Å². The van der Waals surface area contributed by atoms with Gasteiger partial charge in [0.05, 0.1) is 15.8 Å². The zero-order valence-electron chi connectivity index (χ0n) is 12.9. The van der Waals surface area contributed by atoms with Crippen molar-refractivity contribution in [1.82, 2.24) is 0 Å². The number of thioether (sulfide) groups is 1. The molecule has 4 nitrogen and oxygen atoms in total. The first-order chi connectivity index (χ1) is 11.2. The lowest BCUT2D eigenvalue weighted by atomic mass is 10.3. The van der Waals surface area contributed by atoms with Crippen molar-refractivity contribution in [3.8, 4) is 0 Å². The fourth-order valence-corrected chi connectivity index (χ4v) is 3.48. The average Bonchev–Trinajstić information content (AvgIpc) is 2.50. The van der Waals surface area contributed by atoms with E-state index in [4.69, 9.17) is 11.6 Å². The largest absolute Gasteiger partial charge is 0.323 e. The van der Waals surface area contributed by atoms with E-state index in [1.54, 1.807) is 31.2 Å². The lowest BCUT2D eigenvalue weighted by molar-refractivity contribution is -0.115.